The summed E-state index contributed by atoms with van der Waals surface area (Å²) in [5.74, 6) is 7.39. The third-order valence-corrected chi connectivity index (χ3v) is 3.76. The Morgan fingerprint density at radius 2 is 1.79 bits per heavy atom. The topological polar surface area (TPSA) is 74.7 Å². The fourth-order valence-corrected chi connectivity index (χ4v) is 2.35. The first-order valence-corrected chi connectivity index (χ1v) is 9.21. The molecule has 1 N–H and O–H groups in total. The van der Waals surface area contributed by atoms with Gasteiger partial charge in [-0.15, -0.1) is 10.2 Å². The van der Waals surface area contributed by atoms with Crippen molar-refractivity contribution in [3.05, 3.63) is 35.4 Å². The molecule has 2 rings (SSSR count). The fraction of sp³-hybridized carbons (Fsp3) is 0.429. The van der Waals surface area contributed by atoms with Crippen molar-refractivity contribution in [3.63, 3.8) is 0 Å². The van der Waals surface area contributed by atoms with Crippen LogP contribution in [0.2, 0.25) is 0 Å². The number of ether oxygens (including phenoxy) is 4. The molecule has 0 aliphatic rings. The molecule has 1 aromatic carbocycles. The number of hydrogen-bond acceptors (Lipinski definition) is 7. The lowest BCUT2D eigenvalue weighted by Crippen LogP contribution is -2.05. The maximum absolute atomic E-state index is 5.82. The zero-order valence-corrected chi connectivity index (χ0v) is 16.9. The number of rotatable bonds is 10. The highest BCUT2D eigenvalue weighted by atomic mass is 16.7. The molecule has 0 atom stereocenters. The number of nitrogens with one attached hydrogen (secondary N) is 1. The standard InChI is InChI=1S/C21H27N3O4/c1-5-25-14-27-11-7-8-17-9-10-18(19(13-17)28-15-26-6-2)21-16(3)12-20(22-4)23-24-21/h9-10,12-13H,5-6,11,14-15H2,1-4H3,(H,22,23). The predicted octanol–water partition coefficient (Wildman–Crippen LogP) is 3.23. The highest BCUT2D eigenvalue weighted by molar-refractivity contribution is 5.71. The lowest BCUT2D eigenvalue weighted by molar-refractivity contribution is -0.0371. The molecule has 0 radical (unpaired) electrons. The van der Waals surface area contributed by atoms with E-state index in [0.717, 1.165) is 22.4 Å². The molecule has 28 heavy (non-hydrogen) atoms. The maximum Gasteiger partial charge on any atom is 0.189 e. The maximum atomic E-state index is 5.82. The van der Waals surface area contributed by atoms with E-state index in [1.165, 1.54) is 0 Å². The van der Waals surface area contributed by atoms with E-state index in [4.69, 9.17) is 18.9 Å². The molecule has 0 aliphatic carbocycles. The predicted molar refractivity (Wildman–Crippen MR) is 108 cm³/mol. The van der Waals surface area contributed by atoms with Crippen molar-refractivity contribution >= 4 is 5.82 Å². The minimum Gasteiger partial charge on any atom is -0.467 e. The van der Waals surface area contributed by atoms with E-state index in [1.54, 1.807) is 0 Å². The van der Waals surface area contributed by atoms with Gasteiger partial charge >= 0.3 is 0 Å². The molecule has 150 valence electrons. The Hall–Kier alpha value is -2.66. The largest absolute Gasteiger partial charge is 0.467 e. The van der Waals surface area contributed by atoms with Crippen LogP contribution in [0.15, 0.2) is 24.3 Å². The van der Waals surface area contributed by atoms with Crippen LogP contribution in [-0.4, -0.2) is 50.7 Å². The summed E-state index contributed by atoms with van der Waals surface area (Å²) < 4.78 is 21.5. The number of hydrogen-bond donors (Lipinski definition) is 1. The Morgan fingerprint density at radius 1 is 1.00 bits per heavy atom. The van der Waals surface area contributed by atoms with Gasteiger partial charge in [-0.05, 0) is 50.6 Å². The van der Waals surface area contributed by atoms with Crippen LogP contribution in [0.25, 0.3) is 11.3 Å². The molecule has 0 saturated heterocycles. The van der Waals surface area contributed by atoms with Crippen molar-refractivity contribution in [2.45, 2.75) is 20.8 Å². The zero-order valence-electron chi connectivity index (χ0n) is 16.9. The van der Waals surface area contributed by atoms with Crippen LogP contribution in [0.5, 0.6) is 5.75 Å². The van der Waals surface area contributed by atoms with Gasteiger partial charge in [0, 0.05) is 31.4 Å². The second-order valence-corrected chi connectivity index (χ2v) is 5.74. The molecule has 1 aromatic heterocycles. The third-order valence-electron chi connectivity index (χ3n) is 3.76. The molecule has 0 fully saturated rings. The van der Waals surface area contributed by atoms with Crippen LogP contribution in [0.1, 0.15) is 25.0 Å². The molecule has 0 unspecified atom stereocenters. The number of benzene rings is 1. The molecule has 2 aromatic rings. The van der Waals surface area contributed by atoms with Gasteiger partial charge in [0.25, 0.3) is 0 Å². The Kier molecular flexibility index (Phi) is 9.22. The molecular weight excluding hydrogens is 358 g/mol. The summed E-state index contributed by atoms with van der Waals surface area (Å²) in [6.45, 7) is 7.70. The third kappa shape index (κ3) is 6.50. The quantitative estimate of drug-likeness (QED) is 0.382. The van der Waals surface area contributed by atoms with Crippen molar-refractivity contribution in [1.29, 1.82) is 0 Å². The van der Waals surface area contributed by atoms with Crippen molar-refractivity contribution < 1.29 is 18.9 Å². The lowest BCUT2D eigenvalue weighted by Gasteiger charge is -2.13. The molecule has 1 heterocycles. The first-order valence-electron chi connectivity index (χ1n) is 9.21. The van der Waals surface area contributed by atoms with Gasteiger partial charge in [0.1, 0.15) is 25.0 Å². The summed E-state index contributed by atoms with van der Waals surface area (Å²) in [4.78, 5) is 0. The summed E-state index contributed by atoms with van der Waals surface area (Å²) in [6.07, 6.45) is 0. The molecule has 7 nitrogen and oxygen atoms in total. The molecular formula is C21H27N3O4. The average molecular weight is 385 g/mol. The SMILES string of the molecule is CCOCOCC#Cc1ccc(-c2nnc(NC)cc2C)c(OCOCC)c1. The van der Waals surface area contributed by atoms with Gasteiger partial charge in [0.2, 0.25) is 0 Å². The van der Waals surface area contributed by atoms with Gasteiger partial charge in [-0.1, -0.05) is 11.8 Å². The highest BCUT2D eigenvalue weighted by Gasteiger charge is 2.13. The number of nitrogens with zero attached hydrogens (tertiary/aromatic N) is 2. The Labute approximate surface area is 166 Å². The first kappa shape index (κ1) is 21.6. The Balaban J connectivity index is 2.24. The van der Waals surface area contributed by atoms with Gasteiger partial charge in [-0.3, -0.25) is 0 Å². The van der Waals surface area contributed by atoms with E-state index in [0.29, 0.717) is 31.4 Å². The van der Waals surface area contributed by atoms with Crippen LogP contribution in [-0.2, 0) is 14.2 Å². The van der Waals surface area contributed by atoms with Crippen molar-refractivity contribution in [2.24, 2.45) is 0 Å². The van der Waals surface area contributed by atoms with Crippen molar-refractivity contribution in [3.8, 4) is 28.8 Å². The molecule has 0 aliphatic heterocycles. The summed E-state index contributed by atoms with van der Waals surface area (Å²) in [6, 6.07) is 7.67. The first-order chi connectivity index (χ1) is 13.7. The van der Waals surface area contributed by atoms with Crippen LogP contribution < -0.4 is 10.1 Å². The second kappa shape index (κ2) is 11.9. The second-order valence-electron chi connectivity index (χ2n) is 5.74. The highest BCUT2D eigenvalue weighted by Crippen LogP contribution is 2.32. The van der Waals surface area contributed by atoms with Crippen LogP contribution in [0.4, 0.5) is 5.82 Å². The monoisotopic (exact) mass is 385 g/mol. The van der Waals surface area contributed by atoms with Crippen LogP contribution in [0, 0.1) is 18.8 Å². The Bertz CT molecular complexity index is 815. The minimum absolute atomic E-state index is 0.152. The van der Waals surface area contributed by atoms with Crippen molar-refractivity contribution in [2.75, 3.05) is 45.8 Å². The van der Waals surface area contributed by atoms with Crippen molar-refractivity contribution in [1.82, 2.24) is 10.2 Å². The van der Waals surface area contributed by atoms with Gasteiger partial charge < -0.3 is 24.3 Å². The van der Waals surface area contributed by atoms with Gasteiger partial charge in [0.15, 0.2) is 6.79 Å². The van der Waals surface area contributed by atoms with E-state index in [-0.39, 0.29) is 13.6 Å². The lowest BCUT2D eigenvalue weighted by atomic mass is 10.0. The fourth-order valence-electron chi connectivity index (χ4n) is 2.35. The summed E-state index contributed by atoms with van der Waals surface area (Å²) in [5, 5.41) is 11.5. The van der Waals surface area contributed by atoms with Gasteiger partial charge in [0.05, 0.1) is 5.69 Å². The Morgan fingerprint density at radius 3 is 2.50 bits per heavy atom. The van der Waals surface area contributed by atoms with E-state index in [2.05, 4.69) is 27.4 Å². The van der Waals surface area contributed by atoms with E-state index < -0.39 is 0 Å². The smallest absolute Gasteiger partial charge is 0.189 e. The molecule has 0 amide bonds. The molecule has 7 heteroatoms. The van der Waals surface area contributed by atoms with Crippen LogP contribution >= 0.6 is 0 Å². The van der Waals surface area contributed by atoms with E-state index in [1.807, 2.05) is 52.1 Å². The number of anilines is 1. The van der Waals surface area contributed by atoms with Crippen LogP contribution in [0.3, 0.4) is 0 Å². The summed E-state index contributed by atoms with van der Waals surface area (Å²) >= 11 is 0. The summed E-state index contributed by atoms with van der Waals surface area (Å²) in [5.41, 5.74) is 3.40. The van der Waals surface area contributed by atoms with Gasteiger partial charge in [-0.2, -0.15) is 0 Å². The van der Waals surface area contributed by atoms with E-state index >= 15 is 0 Å². The summed E-state index contributed by atoms with van der Waals surface area (Å²) in [7, 11) is 1.81. The molecule has 0 spiro atoms. The van der Waals surface area contributed by atoms with Gasteiger partial charge in [-0.25, -0.2) is 0 Å². The molecule has 0 bridgehead atoms. The average Bonchev–Trinajstić information content (AvgIpc) is 2.71. The zero-order chi connectivity index (χ0) is 20.2. The molecule has 0 saturated carbocycles. The van der Waals surface area contributed by atoms with E-state index in [9.17, 15) is 0 Å². The number of aromatic nitrogens is 2. The number of aryl methyl sites for hydroxylation is 1. The normalized spacial score (nSPS) is 10.3. The minimum atomic E-state index is 0.152.